The molecule has 0 nitrogen and oxygen atoms in total. The molecule has 92 valence electrons. The Morgan fingerprint density at radius 1 is 0.812 bits per heavy atom. The third-order valence-electron chi connectivity index (χ3n) is 4.73. The van der Waals surface area contributed by atoms with Crippen molar-refractivity contribution in [3.8, 4) is 0 Å². The van der Waals surface area contributed by atoms with E-state index in [1.807, 2.05) is 0 Å². The highest BCUT2D eigenvalue weighted by molar-refractivity contribution is 4.95. The second kappa shape index (κ2) is 6.47. The van der Waals surface area contributed by atoms with E-state index in [4.69, 9.17) is 0 Å². The summed E-state index contributed by atoms with van der Waals surface area (Å²) in [6, 6.07) is 0. The highest BCUT2D eigenvalue weighted by atomic mass is 14.2. The van der Waals surface area contributed by atoms with Crippen LogP contribution in [0.1, 0.15) is 71.1 Å². The SMILES string of the molecule is CC(/C=C/C1CCCCC1)C1CCCCC1. The van der Waals surface area contributed by atoms with E-state index >= 15 is 0 Å². The van der Waals surface area contributed by atoms with Gasteiger partial charge in [-0.3, -0.25) is 0 Å². The Morgan fingerprint density at radius 2 is 1.38 bits per heavy atom. The molecule has 16 heavy (non-hydrogen) atoms. The lowest BCUT2D eigenvalue weighted by Crippen LogP contribution is -2.14. The van der Waals surface area contributed by atoms with Gasteiger partial charge in [0.05, 0.1) is 0 Å². The third kappa shape index (κ3) is 3.64. The largest absolute Gasteiger partial charge is 0.0851 e. The molecular formula is C16H28. The van der Waals surface area contributed by atoms with Gasteiger partial charge in [0.1, 0.15) is 0 Å². The zero-order chi connectivity index (χ0) is 11.2. The van der Waals surface area contributed by atoms with Crippen molar-refractivity contribution < 1.29 is 0 Å². The van der Waals surface area contributed by atoms with E-state index in [2.05, 4.69) is 19.1 Å². The highest BCUT2D eigenvalue weighted by Crippen LogP contribution is 2.31. The Hall–Kier alpha value is -0.260. The highest BCUT2D eigenvalue weighted by Gasteiger charge is 2.18. The minimum Gasteiger partial charge on any atom is -0.0851 e. The van der Waals surface area contributed by atoms with E-state index in [-0.39, 0.29) is 0 Å². The molecule has 0 aromatic carbocycles. The molecule has 0 amide bonds. The summed E-state index contributed by atoms with van der Waals surface area (Å²) in [5.41, 5.74) is 0. The molecule has 0 radical (unpaired) electrons. The molecule has 0 bridgehead atoms. The van der Waals surface area contributed by atoms with Gasteiger partial charge in [-0.05, 0) is 43.4 Å². The summed E-state index contributed by atoms with van der Waals surface area (Å²) in [5, 5.41) is 0. The summed E-state index contributed by atoms with van der Waals surface area (Å²) in [5.74, 6) is 2.75. The van der Waals surface area contributed by atoms with Crippen molar-refractivity contribution >= 4 is 0 Å². The number of hydrogen-bond acceptors (Lipinski definition) is 0. The maximum Gasteiger partial charge on any atom is -0.0233 e. The van der Waals surface area contributed by atoms with Gasteiger partial charge in [-0.25, -0.2) is 0 Å². The predicted molar refractivity (Wildman–Crippen MR) is 71.5 cm³/mol. The van der Waals surface area contributed by atoms with Gasteiger partial charge < -0.3 is 0 Å². The van der Waals surface area contributed by atoms with Crippen molar-refractivity contribution in [2.75, 3.05) is 0 Å². The molecule has 0 aromatic heterocycles. The van der Waals surface area contributed by atoms with Crippen LogP contribution in [0, 0.1) is 17.8 Å². The fourth-order valence-electron chi connectivity index (χ4n) is 3.48. The van der Waals surface area contributed by atoms with Crippen LogP contribution in [-0.2, 0) is 0 Å². The van der Waals surface area contributed by atoms with Crippen LogP contribution in [0.25, 0.3) is 0 Å². The molecule has 2 aliphatic carbocycles. The number of hydrogen-bond donors (Lipinski definition) is 0. The Balaban J connectivity index is 1.75. The van der Waals surface area contributed by atoms with Gasteiger partial charge in [0.2, 0.25) is 0 Å². The fourth-order valence-corrected chi connectivity index (χ4v) is 3.48. The molecule has 0 heteroatoms. The van der Waals surface area contributed by atoms with Gasteiger partial charge in [-0.1, -0.05) is 57.6 Å². The van der Waals surface area contributed by atoms with Crippen molar-refractivity contribution in [3.63, 3.8) is 0 Å². The van der Waals surface area contributed by atoms with Gasteiger partial charge in [0, 0.05) is 0 Å². The van der Waals surface area contributed by atoms with Crippen LogP contribution in [0.2, 0.25) is 0 Å². The minimum atomic E-state index is 0.835. The molecule has 1 unspecified atom stereocenters. The zero-order valence-corrected chi connectivity index (χ0v) is 11.0. The summed E-state index contributed by atoms with van der Waals surface area (Å²) in [7, 11) is 0. The lowest BCUT2D eigenvalue weighted by atomic mass is 9.80. The van der Waals surface area contributed by atoms with Crippen LogP contribution in [0.4, 0.5) is 0 Å². The molecule has 2 aliphatic rings. The second-order valence-electron chi connectivity index (χ2n) is 6.04. The van der Waals surface area contributed by atoms with Gasteiger partial charge >= 0.3 is 0 Å². The van der Waals surface area contributed by atoms with E-state index in [0.29, 0.717) is 0 Å². The summed E-state index contributed by atoms with van der Waals surface area (Å²) in [6.07, 6.45) is 19.8. The summed E-state index contributed by atoms with van der Waals surface area (Å²) in [4.78, 5) is 0. The van der Waals surface area contributed by atoms with E-state index in [1.54, 1.807) is 0 Å². The predicted octanol–water partition coefficient (Wildman–Crippen LogP) is 5.34. The summed E-state index contributed by atoms with van der Waals surface area (Å²) >= 11 is 0. The molecule has 2 saturated carbocycles. The molecule has 0 heterocycles. The first kappa shape index (κ1) is 12.2. The van der Waals surface area contributed by atoms with Gasteiger partial charge in [-0.15, -0.1) is 0 Å². The zero-order valence-electron chi connectivity index (χ0n) is 11.0. The van der Waals surface area contributed by atoms with E-state index in [9.17, 15) is 0 Å². The second-order valence-corrected chi connectivity index (χ2v) is 6.04. The first-order chi connectivity index (χ1) is 7.86. The monoisotopic (exact) mass is 220 g/mol. The molecule has 0 aliphatic heterocycles. The van der Waals surface area contributed by atoms with E-state index < -0.39 is 0 Å². The Morgan fingerprint density at radius 3 is 2.00 bits per heavy atom. The van der Waals surface area contributed by atoms with Crippen molar-refractivity contribution in [2.45, 2.75) is 71.1 Å². The molecule has 0 spiro atoms. The van der Waals surface area contributed by atoms with Crippen molar-refractivity contribution in [1.29, 1.82) is 0 Å². The maximum absolute atomic E-state index is 2.55. The van der Waals surface area contributed by atoms with Crippen LogP contribution in [0.5, 0.6) is 0 Å². The minimum absolute atomic E-state index is 0.835. The topological polar surface area (TPSA) is 0 Å². The van der Waals surface area contributed by atoms with Crippen LogP contribution in [-0.4, -0.2) is 0 Å². The van der Waals surface area contributed by atoms with Gasteiger partial charge in [-0.2, -0.15) is 0 Å². The normalized spacial score (nSPS) is 27.3. The lowest BCUT2D eigenvalue weighted by Gasteiger charge is -2.26. The lowest BCUT2D eigenvalue weighted by molar-refractivity contribution is 0.298. The smallest absolute Gasteiger partial charge is 0.0233 e. The number of allylic oxidation sites excluding steroid dienone is 2. The van der Waals surface area contributed by atoms with Crippen LogP contribution in [0.3, 0.4) is 0 Å². The molecule has 2 rings (SSSR count). The Labute approximate surface area is 102 Å². The first-order valence-electron chi connectivity index (χ1n) is 7.54. The van der Waals surface area contributed by atoms with Gasteiger partial charge in [0.25, 0.3) is 0 Å². The van der Waals surface area contributed by atoms with Crippen molar-refractivity contribution in [3.05, 3.63) is 12.2 Å². The first-order valence-corrected chi connectivity index (χ1v) is 7.54. The molecular weight excluding hydrogens is 192 g/mol. The fraction of sp³-hybridized carbons (Fsp3) is 0.875. The van der Waals surface area contributed by atoms with Crippen LogP contribution in [0.15, 0.2) is 12.2 Å². The Bertz CT molecular complexity index is 204. The maximum atomic E-state index is 2.55. The summed E-state index contributed by atoms with van der Waals surface area (Å²) < 4.78 is 0. The van der Waals surface area contributed by atoms with Gasteiger partial charge in [0.15, 0.2) is 0 Å². The average molecular weight is 220 g/mol. The van der Waals surface area contributed by atoms with Crippen molar-refractivity contribution in [1.82, 2.24) is 0 Å². The molecule has 0 saturated heterocycles. The van der Waals surface area contributed by atoms with E-state index in [1.165, 1.54) is 64.2 Å². The number of rotatable bonds is 3. The molecule has 1 atom stereocenters. The van der Waals surface area contributed by atoms with Crippen LogP contribution < -0.4 is 0 Å². The molecule has 2 fully saturated rings. The van der Waals surface area contributed by atoms with Crippen molar-refractivity contribution in [2.24, 2.45) is 17.8 Å². The quantitative estimate of drug-likeness (QED) is 0.563. The molecule has 0 N–H and O–H groups in total. The van der Waals surface area contributed by atoms with E-state index in [0.717, 1.165) is 17.8 Å². The summed E-state index contributed by atoms with van der Waals surface area (Å²) in [6.45, 7) is 2.44. The molecule has 0 aromatic rings. The average Bonchev–Trinajstić information content (AvgIpc) is 2.38. The third-order valence-corrected chi connectivity index (χ3v) is 4.73. The standard InChI is InChI=1S/C16H28/c1-14(16-10-6-3-7-11-16)12-13-15-8-4-2-5-9-15/h12-16H,2-11H2,1H3/b13-12+. The van der Waals surface area contributed by atoms with Crippen LogP contribution >= 0.6 is 0 Å². The Kier molecular flexibility index (Phi) is 4.93.